The number of nitrogens with zero attached hydrogens (tertiary/aromatic N) is 1. The van der Waals surface area contributed by atoms with E-state index in [2.05, 4.69) is 24.1 Å². The molecule has 0 spiro atoms. The first-order valence-electron chi connectivity index (χ1n) is 6.48. The highest BCUT2D eigenvalue weighted by molar-refractivity contribution is 7.84. The highest BCUT2D eigenvalue weighted by Crippen LogP contribution is 2.19. The predicted octanol–water partition coefficient (Wildman–Crippen LogP) is 1.22. The lowest BCUT2D eigenvalue weighted by Gasteiger charge is -2.43. The quantitative estimate of drug-likeness (QED) is 0.765. The van der Waals surface area contributed by atoms with Crippen LogP contribution >= 0.6 is 0 Å². The van der Waals surface area contributed by atoms with Crippen molar-refractivity contribution in [3.63, 3.8) is 0 Å². The van der Waals surface area contributed by atoms with Gasteiger partial charge in [0, 0.05) is 54.0 Å². The molecule has 1 aliphatic heterocycles. The van der Waals surface area contributed by atoms with E-state index in [1.54, 1.807) is 0 Å². The van der Waals surface area contributed by atoms with Crippen LogP contribution in [0.25, 0.3) is 0 Å². The minimum atomic E-state index is -0.619. The lowest BCUT2D eigenvalue weighted by molar-refractivity contribution is 0.130. The number of hydrogen-bond acceptors (Lipinski definition) is 3. The summed E-state index contributed by atoms with van der Waals surface area (Å²) in [6.07, 6.45) is 2.35. The van der Waals surface area contributed by atoms with E-state index in [0.717, 1.165) is 37.7 Å². The Morgan fingerprint density at radius 1 is 1.31 bits per heavy atom. The van der Waals surface area contributed by atoms with Gasteiger partial charge in [-0.1, -0.05) is 20.8 Å². The van der Waals surface area contributed by atoms with Gasteiger partial charge < -0.3 is 5.32 Å². The van der Waals surface area contributed by atoms with E-state index in [1.165, 1.54) is 12.8 Å². The molecule has 4 heteroatoms. The molecule has 0 aliphatic carbocycles. The Hall–Kier alpha value is 0.0700. The molecule has 1 fully saturated rings. The Labute approximate surface area is 102 Å². The molecule has 3 nitrogen and oxygen atoms in total. The van der Waals surface area contributed by atoms with E-state index in [0.29, 0.717) is 5.54 Å². The zero-order valence-corrected chi connectivity index (χ0v) is 11.7. The van der Waals surface area contributed by atoms with Crippen LogP contribution in [0.1, 0.15) is 33.6 Å². The molecule has 0 saturated carbocycles. The number of piperazine rings is 1. The Morgan fingerprint density at radius 3 is 2.56 bits per heavy atom. The topological polar surface area (TPSA) is 32.3 Å². The molecule has 0 radical (unpaired) electrons. The van der Waals surface area contributed by atoms with Crippen molar-refractivity contribution in [2.75, 3.05) is 37.7 Å². The van der Waals surface area contributed by atoms with E-state index >= 15 is 0 Å². The fourth-order valence-corrected chi connectivity index (χ4v) is 3.08. The highest BCUT2D eigenvalue weighted by Gasteiger charge is 2.31. The third-order valence-electron chi connectivity index (χ3n) is 3.77. The van der Waals surface area contributed by atoms with Gasteiger partial charge in [-0.2, -0.15) is 0 Å². The Balaban J connectivity index is 2.41. The summed E-state index contributed by atoms with van der Waals surface area (Å²) in [5, 5.41) is 3.65. The van der Waals surface area contributed by atoms with Gasteiger partial charge in [-0.3, -0.25) is 9.11 Å². The van der Waals surface area contributed by atoms with E-state index in [4.69, 9.17) is 0 Å². The average Bonchev–Trinajstić information content (AvgIpc) is 2.36. The summed E-state index contributed by atoms with van der Waals surface area (Å²) < 4.78 is 11.4. The normalized spacial score (nSPS) is 23.2. The molecular weight excluding hydrogens is 220 g/mol. The van der Waals surface area contributed by atoms with Crippen LogP contribution in [0.15, 0.2) is 0 Å². The van der Waals surface area contributed by atoms with E-state index < -0.39 is 10.8 Å². The van der Waals surface area contributed by atoms with Crippen molar-refractivity contribution in [3.8, 4) is 0 Å². The van der Waals surface area contributed by atoms with Gasteiger partial charge in [0.2, 0.25) is 0 Å². The predicted molar refractivity (Wildman–Crippen MR) is 71.3 cm³/mol. The Bertz CT molecular complexity index is 229. The van der Waals surface area contributed by atoms with Crippen LogP contribution in [0, 0.1) is 0 Å². The Morgan fingerprint density at radius 2 is 2.00 bits per heavy atom. The van der Waals surface area contributed by atoms with Crippen molar-refractivity contribution in [2.45, 2.75) is 39.2 Å². The molecule has 1 rings (SSSR count). The Kier molecular flexibility index (Phi) is 5.94. The van der Waals surface area contributed by atoms with Crippen LogP contribution in [-0.2, 0) is 10.8 Å². The molecule has 1 saturated heterocycles. The third kappa shape index (κ3) is 3.82. The summed E-state index contributed by atoms with van der Waals surface area (Å²) in [5.41, 5.74) is 0.298. The zero-order valence-electron chi connectivity index (χ0n) is 10.9. The first-order chi connectivity index (χ1) is 7.65. The lowest BCUT2D eigenvalue weighted by Crippen LogP contribution is -2.60. The molecule has 0 amide bonds. The first kappa shape index (κ1) is 14.1. The molecule has 1 unspecified atom stereocenters. The number of hydrogen-bond donors (Lipinski definition) is 1. The van der Waals surface area contributed by atoms with Gasteiger partial charge >= 0.3 is 0 Å². The molecular formula is C12H26N2OS. The molecule has 1 atom stereocenters. The van der Waals surface area contributed by atoms with Crippen molar-refractivity contribution in [1.82, 2.24) is 10.2 Å². The summed E-state index contributed by atoms with van der Waals surface area (Å²) in [6.45, 7) is 10.8. The molecule has 0 aromatic heterocycles. The molecule has 1 aliphatic rings. The van der Waals surface area contributed by atoms with E-state index in [9.17, 15) is 4.21 Å². The second kappa shape index (κ2) is 6.72. The van der Waals surface area contributed by atoms with Crippen LogP contribution < -0.4 is 5.32 Å². The summed E-state index contributed by atoms with van der Waals surface area (Å²) in [5.74, 6) is 1.62. The molecule has 16 heavy (non-hydrogen) atoms. The maximum atomic E-state index is 11.4. The SMILES string of the molecule is CCS(=O)CCN1CCNC(CC)(CC)C1. The second-order valence-electron chi connectivity index (χ2n) is 4.62. The van der Waals surface area contributed by atoms with Crippen LogP contribution in [0.4, 0.5) is 0 Å². The van der Waals surface area contributed by atoms with Crippen molar-refractivity contribution in [3.05, 3.63) is 0 Å². The van der Waals surface area contributed by atoms with Gasteiger partial charge in [-0.15, -0.1) is 0 Å². The van der Waals surface area contributed by atoms with Crippen molar-refractivity contribution >= 4 is 10.8 Å². The minimum absolute atomic E-state index is 0.298. The van der Waals surface area contributed by atoms with Gasteiger partial charge in [-0.05, 0) is 12.8 Å². The minimum Gasteiger partial charge on any atom is -0.309 e. The van der Waals surface area contributed by atoms with E-state index in [-0.39, 0.29) is 0 Å². The van der Waals surface area contributed by atoms with Gasteiger partial charge in [0.25, 0.3) is 0 Å². The summed E-state index contributed by atoms with van der Waals surface area (Å²) in [7, 11) is -0.619. The monoisotopic (exact) mass is 246 g/mol. The summed E-state index contributed by atoms with van der Waals surface area (Å²) >= 11 is 0. The first-order valence-corrected chi connectivity index (χ1v) is 7.97. The zero-order chi connectivity index (χ0) is 12.0. The molecule has 0 bridgehead atoms. The van der Waals surface area contributed by atoms with Gasteiger partial charge in [-0.25, -0.2) is 0 Å². The standard InChI is InChI=1S/C12H26N2OS/c1-4-12(5-2)11-14(8-7-13-12)9-10-16(15)6-3/h13H,4-11H2,1-3H3. The maximum Gasteiger partial charge on any atom is 0.0362 e. The molecule has 1 heterocycles. The maximum absolute atomic E-state index is 11.4. The molecule has 96 valence electrons. The number of nitrogens with one attached hydrogen (secondary N) is 1. The fourth-order valence-electron chi connectivity index (χ4n) is 2.33. The smallest absolute Gasteiger partial charge is 0.0362 e. The van der Waals surface area contributed by atoms with E-state index in [1.807, 2.05) is 6.92 Å². The molecule has 0 aromatic carbocycles. The highest BCUT2D eigenvalue weighted by atomic mass is 32.2. The third-order valence-corrected chi connectivity index (χ3v) is 5.05. The average molecular weight is 246 g/mol. The summed E-state index contributed by atoms with van der Waals surface area (Å²) in [6, 6.07) is 0. The van der Waals surface area contributed by atoms with Crippen LogP contribution in [0.2, 0.25) is 0 Å². The molecule has 1 N–H and O–H groups in total. The lowest BCUT2D eigenvalue weighted by atomic mass is 9.90. The summed E-state index contributed by atoms with van der Waals surface area (Å²) in [4.78, 5) is 2.47. The van der Waals surface area contributed by atoms with Gasteiger partial charge in [0.1, 0.15) is 0 Å². The van der Waals surface area contributed by atoms with Crippen LogP contribution in [0.5, 0.6) is 0 Å². The van der Waals surface area contributed by atoms with Crippen molar-refractivity contribution < 1.29 is 4.21 Å². The largest absolute Gasteiger partial charge is 0.309 e. The second-order valence-corrected chi connectivity index (χ2v) is 6.49. The fraction of sp³-hybridized carbons (Fsp3) is 1.00. The van der Waals surface area contributed by atoms with Crippen molar-refractivity contribution in [2.24, 2.45) is 0 Å². The van der Waals surface area contributed by atoms with Gasteiger partial charge in [0.15, 0.2) is 0 Å². The van der Waals surface area contributed by atoms with Crippen LogP contribution in [0.3, 0.4) is 0 Å². The van der Waals surface area contributed by atoms with Crippen LogP contribution in [-0.4, -0.2) is 52.3 Å². The van der Waals surface area contributed by atoms with Crippen molar-refractivity contribution in [1.29, 1.82) is 0 Å². The van der Waals surface area contributed by atoms with Gasteiger partial charge in [0.05, 0.1) is 0 Å². The number of rotatable bonds is 6. The molecule has 0 aromatic rings.